The van der Waals surface area contributed by atoms with Crippen LogP contribution in [0, 0.1) is 5.92 Å². The van der Waals surface area contributed by atoms with Crippen molar-refractivity contribution in [3.63, 3.8) is 0 Å². The van der Waals surface area contributed by atoms with Gasteiger partial charge in [-0.25, -0.2) is 0 Å². The van der Waals surface area contributed by atoms with E-state index in [9.17, 15) is 4.79 Å². The van der Waals surface area contributed by atoms with Gasteiger partial charge in [-0.3, -0.25) is 4.79 Å². The van der Waals surface area contributed by atoms with Gasteiger partial charge < -0.3 is 9.47 Å². The molecule has 3 nitrogen and oxygen atoms in total. The average molecular weight is 229 g/mol. The van der Waals surface area contributed by atoms with Crippen LogP contribution < -0.4 is 4.74 Å². The molecule has 1 atom stereocenters. The van der Waals surface area contributed by atoms with Crippen LogP contribution >= 0.6 is 11.6 Å². The summed E-state index contributed by atoms with van der Waals surface area (Å²) in [7, 11) is 1.36. The van der Waals surface area contributed by atoms with E-state index in [-0.39, 0.29) is 18.5 Å². The number of methoxy groups -OCH3 is 1. The topological polar surface area (TPSA) is 35.5 Å². The van der Waals surface area contributed by atoms with E-state index < -0.39 is 0 Å². The molecule has 82 valence electrons. The third-order valence-corrected chi connectivity index (χ3v) is 2.24. The maximum absolute atomic E-state index is 11.1. The highest BCUT2D eigenvalue weighted by molar-refractivity contribution is 6.32. The van der Waals surface area contributed by atoms with Crippen molar-refractivity contribution >= 4 is 17.6 Å². The molecule has 0 amide bonds. The van der Waals surface area contributed by atoms with E-state index in [2.05, 4.69) is 4.74 Å². The van der Waals surface area contributed by atoms with Crippen molar-refractivity contribution in [1.29, 1.82) is 0 Å². The Morgan fingerprint density at radius 2 is 2.13 bits per heavy atom. The predicted molar refractivity (Wildman–Crippen MR) is 58.1 cm³/mol. The lowest BCUT2D eigenvalue weighted by Gasteiger charge is -2.11. The van der Waals surface area contributed by atoms with Crippen molar-refractivity contribution in [2.24, 2.45) is 5.92 Å². The summed E-state index contributed by atoms with van der Waals surface area (Å²) in [5.41, 5.74) is 0. The van der Waals surface area contributed by atoms with Gasteiger partial charge in [0.25, 0.3) is 0 Å². The summed E-state index contributed by atoms with van der Waals surface area (Å²) >= 11 is 5.88. The summed E-state index contributed by atoms with van der Waals surface area (Å²) in [6.45, 7) is 2.00. The largest absolute Gasteiger partial charge is 0.491 e. The standard InChI is InChI=1S/C11H13ClO3/c1-8(11(13)14-2)7-15-10-6-4-3-5-9(10)12/h3-6,8H,7H2,1-2H3/t8-/m1/s1. The quantitative estimate of drug-likeness (QED) is 0.743. The second-order valence-electron chi connectivity index (χ2n) is 3.17. The monoisotopic (exact) mass is 228 g/mol. The molecular formula is C11H13ClO3. The maximum Gasteiger partial charge on any atom is 0.311 e. The van der Waals surface area contributed by atoms with Gasteiger partial charge in [-0.1, -0.05) is 23.7 Å². The van der Waals surface area contributed by atoms with Gasteiger partial charge in [0.15, 0.2) is 0 Å². The summed E-state index contributed by atoms with van der Waals surface area (Å²) in [5, 5.41) is 0.537. The van der Waals surface area contributed by atoms with Crippen molar-refractivity contribution < 1.29 is 14.3 Å². The van der Waals surface area contributed by atoms with Crippen LogP contribution in [0.1, 0.15) is 6.92 Å². The molecule has 0 unspecified atom stereocenters. The number of rotatable bonds is 4. The first-order chi connectivity index (χ1) is 7.15. The van der Waals surface area contributed by atoms with Crippen LogP contribution in [0.2, 0.25) is 5.02 Å². The van der Waals surface area contributed by atoms with Crippen molar-refractivity contribution in [3.8, 4) is 5.75 Å². The van der Waals surface area contributed by atoms with E-state index in [4.69, 9.17) is 16.3 Å². The van der Waals surface area contributed by atoms with E-state index in [1.54, 1.807) is 19.1 Å². The van der Waals surface area contributed by atoms with Crippen LogP contribution in [0.15, 0.2) is 24.3 Å². The highest BCUT2D eigenvalue weighted by atomic mass is 35.5. The first kappa shape index (κ1) is 11.9. The molecule has 0 aliphatic carbocycles. The van der Waals surface area contributed by atoms with E-state index in [1.807, 2.05) is 12.1 Å². The number of esters is 1. The van der Waals surface area contributed by atoms with Crippen LogP contribution in [0.5, 0.6) is 5.75 Å². The molecule has 0 fully saturated rings. The van der Waals surface area contributed by atoms with Crippen molar-refractivity contribution in [2.45, 2.75) is 6.92 Å². The lowest BCUT2D eigenvalue weighted by atomic mass is 10.2. The van der Waals surface area contributed by atoms with Crippen LogP contribution in [0.4, 0.5) is 0 Å². The van der Waals surface area contributed by atoms with Crippen LogP contribution in [-0.4, -0.2) is 19.7 Å². The molecule has 0 aliphatic rings. The molecule has 0 N–H and O–H groups in total. The number of para-hydroxylation sites is 1. The molecule has 0 bridgehead atoms. The highest BCUT2D eigenvalue weighted by Gasteiger charge is 2.14. The van der Waals surface area contributed by atoms with Gasteiger partial charge in [0.1, 0.15) is 12.4 Å². The van der Waals surface area contributed by atoms with E-state index >= 15 is 0 Å². The number of benzene rings is 1. The fourth-order valence-corrected chi connectivity index (χ4v) is 1.24. The Labute approximate surface area is 93.9 Å². The number of carbonyl (C=O) groups is 1. The first-order valence-electron chi connectivity index (χ1n) is 4.60. The van der Waals surface area contributed by atoms with E-state index in [0.717, 1.165) is 0 Å². The minimum atomic E-state index is -0.300. The molecule has 0 saturated carbocycles. The smallest absolute Gasteiger partial charge is 0.311 e. The minimum absolute atomic E-state index is 0.260. The van der Waals surface area contributed by atoms with Gasteiger partial charge in [0.05, 0.1) is 18.1 Å². The van der Waals surface area contributed by atoms with Gasteiger partial charge in [-0.2, -0.15) is 0 Å². The van der Waals surface area contributed by atoms with Crippen LogP contribution in [0.25, 0.3) is 0 Å². The van der Waals surface area contributed by atoms with Crippen molar-refractivity contribution in [2.75, 3.05) is 13.7 Å². The molecule has 0 saturated heterocycles. The van der Waals surface area contributed by atoms with Crippen LogP contribution in [-0.2, 0) is 9.53 Å². The third-order valence-electron chi connectivity index (χ3n) is 1.93. The molecule has 4 heteroatoms. The second-order valence-corrected chi connectivity index (χ2v) is 3.57. The number of ether oxygens (including phenoxy) is 2. The minimum Gasteiger partial charge on any atom is -0.491 e. The summed E-state index contributed by atoms with van der Waals surface area (Å²) in [4.78, 5) is 11.1. The summed E-state index contributed by atoms with van der Waals surface area (Å²) in [6, 6.07) is 7.13. The maximum atomic E-state index is 11.1. The Bertz CT molecular complexity index is 338. The fraction of sp³-hybridized carbons (Fsp3) is 0.364. The number of carbonyl (C=O) groups excluding carboxylic acids is 1. The summed E-state index contributed by atoms with van der Waals surface area (Å²) < 4.78 is 9.97. The van der Waals surface area contributed by atoms with Gasteiger partial charge in [0, 0.05) is 0 Å². The fourth-order valence-electron chi connectivity index (χ4n) is 1.05. The van der Waals surface area contributed by atoms with Crippen molar-refractivity contribution in [1.82, 2.24) is 0 Å². The lowest BCUT2D eigenvalue weighted by molar-refractivity contribution is -0.145. The zero-order valence-corrected chi connectivity index (χ0v) is 9.45. The van der Waals surface area contributed by atoms with Gasteiger partial charge >= 0.3 is 5.97 Å². The molecule has 1 aromatic rings. The lowest BCUT2D eigenvalue weighted by Crippen LogP contribution is -2.20. The molecule has 0 aromatic heterocycles. The van der Waals surface area contributed by atoms with E-state index in [0.29, 0.717) is 10.8 Å². The third kappa shape index (κ3) is 3.44. The zero-order valence-electron chi connectivity index (χ0n) is 8.70. The van der Waals surface area contributed by atoms with Crippen molar-refractivity contribution in [3.05, 3.63) is 29.3 Å². The Morgan fingerprint density at radius 1 is 1.47 bits per heavy atom. The molecule has 1 rings (SSSR count). The molecule has 15 heavy (non-hydrogen) atoms. The predicted octanol–water partition coefficient (Wildman–Crippen LogP) is 2.53. The molecule has 0 radical (unpaired) electrons. The Kier molecular flexibility index (Phi) is 4.43. The average Bonchev–Trinajstić information content (AvgIpc) is 2.26. The highest BCUT2D eigenvalue weighted by Crippen LogP contribution is 2.23. The molecule has 0 aliphatic heterocycles. The Morgan fingerprint density at radius 3 is 2.73 bits per heavy atom. The molecule has 0 spiro atoms. The van der Waals surface area contributed by atoms with Gasteiger partial charge in [-0.05, 0) is 19.1 Å². The SMILES string of the molecule is COC(=O)[C@H](C)COc1ccccc1Cl. The first-order valence-corrected chi connectivity index (χ1v) is 4.98. The number of halogens is 1. The summed E-state index contributed by atoms with van der Waals surface area (Å²) in [6.07, 6.45) is 0. The number of hydrogen-bond donors (Lipinski definition) is 0. The molecule has 1 aromatic carbocycles. The molecular weight excluding hydrogens is 216 g/mol. The second kappa shape index (κ2) is 5.61. The number of hydrogen-bond acceptors (Lipinski definition) is 3. The zero-order chi connectivity index (χ0) is 11.3. The summed E-state index contributed by atoms with van der Waals surface area (Å²) in [5.74, 6) is -0.0109. The van der Waals surface area contributed by atoms with Crippen LogP contribution in [0.3, 0.4) is 0 Å². The Balaban J connectivity index is 2.50. The van der Waals surface area contributed by atoms with E-state index in [1.165, 1.54) is 7.11 Å². The molecule has 0 heterocycles. The normalized spacial score (nSPS) is 11.9. The Hall–Kier alpha value is -1.22. The van der Waals surface area contributed by atoms with Gasteiger partial charge in [0.2, 0.25) is 0 Å². The van der Waals surface area contributed by atoms with Gasteiger partial charge in [-0.15, -0.1) is 0 Å².